The molecule has 0 aliphatic carbocycles. The summed E-state index contributed by atoms with van der Waals surface area (Å²) in [5.74, 6) is -2.12. The fraction of sp³-hybridized carbons (Fsp3) is 0.200. The number of nitrogens with one attached hydrogen (secondary N) is 1. The zero-order valence-electron chi connectivity index (χ0n) is 15.3. The first-order valence-electron chi connectivity index (χ1n) is 8.33. The topological polar surface area (TPSA) is 73.9 Å². The van der Waals surface area contributed by atoms with Crippen LogP contribution in [0.1, 0.15) is 12.5 Å². The second-order valence-electron chi connectivity index (χ2n) is 5.46. The highest BCUT2D eigenvalue weighted by molar-refractivity contribution is 5.94. The molecule has 0 bridgehead atoms. The number of hydrogen-bond acceptors (Lipinski definition) is 5. The van der Waals surface area contributed by atoms with Gasteiger partial charge >= 0.3 is 5.97 Å². The summed E-state index contributed by atoms with van der Waals surface area (Å²) in [6, 6.07) is 7.81. The Hall–Kier alpha value is -3.42. The van der Waals surface area contributed by atoms with Crippen LogP contribution >= 0.6 is 0 Å². The number of amides is 1. The minimum Gasteiger partial charge on any atom is -0.493 e. The first-order valence-corrected chi connectivity index (χ1v) is 8.33. The summed E-state index contributed by atoms with van der Waals surface area (Å²) in [7, 11) is 1.52. The van der Waals surface area contributed by atoms with Crippen LogP contribution in [0.4, 0.5) is 14.5 Å². The Kier molecular flexibility index (Phi) is 7.50. The van der Waals surface area contributed by atoms with E-state index in [-0.39, 0.29) is 5.69 Å². The summed E-state index contributed by atoms with van der Waals surface area (Å²) in [6.07, 6.45) is 2.63. The van der Waals surface area contributed by atoms with Crippen molar-refractivity contribution in [3.8, 4) is 11.5 Å². The van der Waals surface area contributed by atoms with Crippen LogP contribution in [-0.2, 0) is 14.3 Å². The first kappa shape index (κ1) is 20.9. The van der Waals surface area contributed by atoms with Crippen molar-refractivity contribution >= 4 is 23.6 Å². The molecular formula is C20H19F2NO5. The third-order valence-corrected chi connectivity index (χ3v) is 3.45. The van der Waals surface area contributed by atoms with E-state index in [1.807, 2.05) is 6.92 Å². The monoisotopic (exact) mass is 391 g/mol. The average molecular weight is 391 g/mol. The number of ether oxygens (including phenoxy) is 3. The van der Waals surface area contributed by atoms with Gasteiger partial charge in [0.05, 0.1) is 19.4 Å². The molecule has 8 heteroatoms. The minimum atomic E-state index is -0.927. The molecule has 2 aromatic rings. The van der Waals surface area contributed by atoms with Crippen LogP contribution in [-0.4, -0.2) is 32.2 Å². The molecule has 0 fully saturated rings. The lowest BCUT2D eigenvalue weighted by Crippen LogP contribution is -2.20. The quantitative estimate of drug-likeness (QED) is 0.550. The van der Waals surface area contributed by atoms with Gasteiger partial charge in [-0.05, 0) is 42.8 Å². The zero-order valence-corrected chi connectivity index (χ0v) is 15.3. The van der Waals surface area contributed by atoms with Gasteiger partial charge in [0.2, 0.25) is 0 Å². The van der Waals surface area contributed by atoms with Gasteiger partial charge in [-0.3, -0.25) is 4.79 Å². The van der Waals surface area contributed by atoms with Crippen LogP contribution < -0.4 is 14.8 Å². The molecule has 0 heterocycles. The van der Waals surface area contributed by atoms with Crippen molar-refractivity contribution < 1.29 is 32.6 Å². The molecule has 0 aliphatic rings. The van der Waals surface area contributed by atoms with Gasteiger partial charge in [-0.2, -0.15) is 0 Å². The molecule has 1 N–H and O–H groups in total. The normalized spacial score (nSPS) is 10.6. The van der Waals surface area contributed by atoms with Gasteiger partial charge in [-0.15, -0.1) is 0 Å². The van der Waals surface area contributed by atoms with Gasteiger partial charge in [0.15, 0.2) is 18.1 Å². The van der Waals surface area contributed by atoms with Crippen molar-refractivity contribution in [1.82, 2.24) is 0 Å². The second-order valence-corrected chi connectivity index (χ2v) is 5.46. The Morgan fingerprint density at radius 1 is 1.11 bits per heavy atom. The molecule has 6 nitrogen and oxygen atoms in total. The molecule has 28 heavy (non-hydrogen) atoms. The number of esters is 1. The molecule has 0 radical (unpaired) electrons. The Morgan fingerprint density at radius 2 is 1.89 bits per heavy atom. The first-order chi connectivity index (χ1) is 13.4. The van der Waals surface area contributed by atoms with Crippen molar-refractivity contribution in [1.29, 1.82) is 0 Å². The standard InChI is InChI=1S/C20H19F2NO5/c1-3-27-18-10-13(4-8-17(18)26-2)5-9-20(25)28-12-19(24)23-16-7-6-14(21)11-15(16)22/h4-11H,3,12H2,1-2H3,(H,23,24)/b9-5+. The SMILES string of the molecule is CCOc1cc(/C=C/C(=O)OCC(=O)Nc2ccc(F)cc2F)ccc1OC. The van der Waals surface area contributed by atoms with Crippen LogP contribution in [0.5, 0.6) is 11.5 Å². The summed E-state index contributed by atoms with van der Waals surface area (Å²) in [6.45, 7) is 1.67. The summed E-state index contributed by atoms with van der Waals surface area (Å²) >= 11 is 0. The summed E-state index contributed by atoms with van der Waals surface area (Å²) in [5, 5.41) is 2.19. The zero-order chi connectivity index (χ0) is 20.5. The highest BCUT2D eigenvalue weighted by atomic mass is 19.1. The van der Waals surface area contributed by atoms with Gasteiger partial charge in [0.1, 0.15) is 11.6 Å². The molecular weight excluding hydrogens is 372 g/mol. The van der Waals surface area contributed by atoms with E-state index in [2.05, 4.69) is 5.32 Å². The fourth-order valence-electron chi connectivity index (χ4n) is 2.19. The Labute approximate surface area is 160 Å². The fourth-order valence-corrected chi connectivity index (χ4v) is 2.19. The van der Waals surface area contributed by atoms with Gasteiger partial charge in [-0.1, -0.05) is 6.07 Å². The molecule has 2 rings (SSSR count). The molecule has 148 valence electrons. The lowest BCUT2D eigenvalue weighted by atomic mass is 10.2. The lowest BCUT2D eigenvalue weighted by Gasteiger charge is -2.09. The van der Waals surface area contributed by atoms with Crippen molar-refractivity contribution in [2.45, 2.75) is 6.92 Å². The van der Waals surface area contributed by atoms with E-state index in [0.29, 0.717) is 29.7 Å². The summed E-state index contributed by atoms with van der Waals surface area (Å²) < 4.78 is 41.7. The number of methoxy groups -OCH3 is 1. The number of halogens is 2. The molecule has 0 unspecified atom stereocenters. The molecule has 0 atom stereocenters. The highest BCUT2D eigenvalue weighted by Crippen LogP contribution is 2.28. The van der Waals surface area contributed by atoms with Crippen molar-refractivity contribution in [3.05, 3.63) is 59.7 Å². The number of carbonyl (C=O) groups excluding carboxylic acids is 2. The minimum absolute atomic E-state index is 0.209. The predicted molar refractivity (Wildman–Crippen MR) is 99.1 cm³/mol. The van der Waals surface area contributed by atoms with Crippen LogP contribution in [0, 0.1) is 11.6 Å². The van der Waals surface area contributed by atoms with Crippen LogP contribution in [0.25, 0.3) is 6.08 Å². The summed E-state index contributed by atoms with van der Waals surface area (Å²) in [5.41, 5.74) is 0.457. The van der Waals surface area contributed by atoms with E-state index in [1.165, 1.54) is 13.2 Å². The van der Waals surface area contributed by atoms with E-state index in [0.717, 1.165) is 18.2 Å². The number of anilines is 1. The van der Waals surface area contributed by atoms with Crippen molar-refractivity contribution in [3.63, 3.8) is 0 Å². The van der Waals surface area contributed by atoms with E-state index in [4.69, 9.17) is 14.2 Å². The van der Waals surface area contributed by atoms with Crippen LogP contribution in [0.15, 0.2) is 42.5 Å². The van der Waals surface area contributed by atoms with E-state index >= 15 is 0 Å². The molecule has 1 amide bonds. The van der Waals surface area contributed by atoms with Gasteiger partial charge < -0.3 is 19.5 Å². The number of rotatable bonds is 8. The molecule has 0 aromatic heterocycles. The highest BCUT2D eigenvalue weighted by Gasteiger charge is 2.10. The predicted octanol–water partition coefficient (Wildman–Crippen LogP) is 3.57. The number of hydrogen-bond donors (Lipinski definition) is 1. The van der Waals surface area contributed by atoms with Crippen molar-refractivity contribution in [2.75, 3.05) is 25.6 Å². The smallest absolute Gasteiger partial charge is 0.331 e. The Morgan fingerprint density at radius 3 is 2.57 bits per heavy atom. The van der Waals surface area contributed by atoms with E-state index in [9.17, 15) is 18.4 Å². The Balaban J connectivity index is 1.89. The molecule has 0 spiro atoms. The largest absolute Gasteiger partial charge is 0.493 e. The van der Waals surface area contributed by atoms with Crippen LogP contribution in [0.2, 0.25) is 0 Å². The molecule has 0 aliphatic heterocycles. The summed E-state index contributed by atoms with van der Waals surface area (Å²) in [4.78, 5) is 23.5. The van der Waals surface area contributed by atoms with Gasteiger partial charge in [-0.25, -0.2) is 13.6 Å². The molecule has 0 saturated carbocycles. The lowest BCUT2D eigenvalue weighted by molar-refractivity contribution is -0.142. The molecule has 2 aromatic carbocycles. The maximum atomic E-state index is 13.5. The number of benzene rings is 2. The second kappa shape index (κ2) is 10.1. The van der Waals surface area contributed by atoms with E-state index in [1.54, 1.807) is 18.2 Å². The number of carbonyl (C=O) groups is 2. The van der Waals surface area contributed by atoms with E-state index < -0.39 is 30.1 Å². The molecule has 0 saturated heterocycles. The third kappa shape index (κ3) is 6.08. The van der Waals surface area contributed by atoms with Crippen LogP contribution in [0.3, 0.4) is 0 Å². The maximum Gasteiger partial charge on any atom is 0.331 e. The van der Waals surface area contributed by atoms with Crippen molar-refractivity contribution in [2.24, 2.45) is 0 Å². The average Bonchev–Trinajstić information content (AvgIpc) is 2.67. The Bertz CT molecular complexity index is 883. The van der Waals surface area contributed by atoms with Gasteiger partial charge in [0, 0.05) is 12.1 Å². The maximum absolute atomic E-state index is 13.5. The third-order valence-electron chi connectivity index (χ3n) is 3.45. The van der Waals surface area contributed by atoms with Gasteiger partial charge in [0.25, 0.3) is 5.91 Å².